The maximum absolute atomic E-state index is 12.2. The summed E-state index contributed by atoms with van der Waals surface area (Å²) in [5, 5.41) is 13.1. The molecule has 0 radical (unpaired) electrons. The van der Waals surface area contributed by atoms with Crippen LogP contribution in [0.2, 0.25) is 0 Å². The number of nitrogens with one attached hydrogen (secondary N) is 1. The van der Waals surface area contributed by atoms with E-state index in [-0.39, 0.29) is 6.03 Å². The van der Waals surface area contributed by atoms with Gasteiger partial charge in [0.25, 0.3) is 0 Å². The summed E-state index contributed by atoms with van der Waals surface area (Å²) in [4.78, 5) is 13.9. The molecule has 2 amide bonds. The van der Waals surface area contributed by atoms with Crippen molar-refractivity contribution in [3.63, 3.8) is 0 Å². The molecule has 1 aliphatic rings. The van der Waals surface area contributed by atoms with E-state index in [1.807, 2.05) is 37.4 Å². The largest absolute Gasteiger partial charge is 0.453 e. The Labute approximate surface area is 137 Å². The monoisotopic (exact) mass is 328 g/mol. The van der Waals surface area contributed by atoms with Crippen molar-refractivity contribution in [2.75, 3.05) is 12.4 Å². The number of hydrogen-bond donors (Lipinski definition) is 1. The Morgan fingerprint density at radius 2 is 2.17 bits per heavy atom. The van der Waals surface area contributed by atoms with Crippen molar-refractivity contribution in [2.24, 2.45) is 0 Å². The second-order valence-electron chi connectivity index (χ2n) is 5.69. The molecular formula is C16H16N4O2S. The van der Waals surface area contributed by atoms with Crippen molar-refractivity contribution in [3.05, 3.63) is 30.3 Å². The van der Waals surface area contributed by atoms with E-state index in [0.29, 0.717) is 21.9 Å². The quantitative estimate of drug-likeness (QED) is 0.790. The normalized spacial score (nSPS) is 14.7. The first-order chi connectivity index (χ1) is 11.2. The Morgan fingerprint density at radius 1 is 1.35 bits per heavy atom. The molecule has 1 N–H and O–H groups in total. The fourth-order valence-electron chi connectivity index (χ4n) is 2.58. The van der Waals surface area contributed by atoms with Crippen LogP contribution in [0, 0.1) is 0 Å². The summed E-state index contributed by atoms with van der Waals surface area (Å²) < 4.78 is 5.77. The van der Waals surface area contributed by atoms with E-state index in [1.54, 1.807) is 4.90 Å². The van der Waals surface area contributed by atoms with Gasteiger partial charge < -0.3 is 9.32 Å². The molecular weight excluding hydrogens is 312 g/mol. The zero-order valence-corrected chi connectivity index (χ0v) is 13.5. The zero-order chi connectivity index (χ0) is 15.8. The van der Waals surface area contributed by atoms with Crippen molar-refractivity contribution in [2.45, 2.75) is 25.3 Å². The molecule has 6 nitrogen and oxygen atoms in total. The Kier molecular flexibility index (Phi) is 3.49. The number of para-hydroxylation sites is 1. The zero-order valence-electron chi connectivity index (χ0n) is 12.7. The van der Waals surface area contributed by atoms with Crippen molar-refractivity contribution in [1.82, 2.24) is 15.1 Å². The lowest BCUT2D eigenvalue weighted by Gasteiger charge is -2.34. The predicted molar refractivity (Wildman–Crippen MR) is 89.5 cm³/mol. The molecule has 1 fully saturated rings. The molecule has 0 saturated heterocycles. The Balaban J connectivity index is 1.51. The van der Waals surface area contributed by atoms with Crippen LogP contribution in [0.25, 0.3) is 21.7 Å². The minimum absolute atomic E-state index is 0.137. The Morgan fingerprint density at radius 3 is 2.91 bits per heavy atom. The summed E-state index contributed by atoms with van der Waals surface area (Å²) in [6.45, 7) is 0. The first-order valence-electron chi connectivity index (χ1n) is 7.57. The first kappa shape index (κ1) is 14.2. The molecule has 1 aliphatic carbocycles. The third-order valence-corrected chi connectivity index (χ3v) is 5.07. The summed E-state index contributed by atoms with van der Waals surface area (Å²) in [7, 11) is 1.82. The summed E-state index contributed by atoms with van der Waals surface area (Å²) in [6.07, 6.45) is 3.34. The van der Waals surface area contributed by atoms with Gasteiger partial charge in [0.15, 0.2) is 10.8 Å². The predicted octanol–water partition coefficient (Wildman–Crippen LogP) is 3.97. The fourth-order valence-corrected chi connectivity index (χ4v) is 3.27. The van der Waals surface area contributed by atoms with Crippen LogP contribution in [-0.4, -0.2) is 34.2 Å². The molecule has 3 aromatic rings. The number of aromatic nitrogens is 2. The highest BCUT2D eigenvalue weighted by molar-refractivity contribution is 7.18. The standard InChI is InChI=1S/C16H16N4O2S/c1-20(11-6-4-7-11)16(21)17-15-19-18-14(23-15)13-9-10-5-2-3-8-12(10)22-13/h2-3,5,8-9,11H,4,6-7H2,1H3,(H,17,19,21). The number of anilines is 1. The van der Waals surface area contributed by atoms with Gasteiger partial charge in [-0.15, -0.1) is 10.2 Å². The van der Waals surface area contributed by atoms with Crippen LogP contribution in [-0.2, 0) is 0 Å². The molecule has 23 heavy (non-hydrogen) atoms. The number of urea groups is 1. The number of furan rings is 1. The van der Waals surface area contributed by atoms with Crippen molar-refractivity contribution >= 4 is 33.5 Å². The number of carbonyl (C=O) groups is 1. The topological polar surface area (TPSA) is 71.3 Å². The highest BCUT2D eigenvalue weighted by Crippen LogP contribution is 2.31. The van der Waals surface area contributed by atoms with Crippen molar-refractivity contribution in [3.8, 4) is 10.8 Å². The minimum atomic E-state index is -0.137. The highest BCUT2D eigenvalue weighted by atomic mass is 32.1. The van der Waals surface area contributed by atoms with Gasteiger partial charge in [0.1, 0.15) is 5.58 Å². The Hall–Kier alpha value is -2.41. The molecule has 4 rings (SSSR count). The van der Waals surface area contributed by atoms with Gasteiger partial charge in [-0.05, 0) is 31.4 Å². The van der Waals surface area contributed by atoms with Crippen LogP contribution in [0.15, 0.2) is 34.7 Å². The molecule has 0 unspecified atom stereocenters. The third-order valence-electron chi connectivity index (χ3n) is 4.22. The summed E-state index contributed by atoms with van der Waals surface area (Å²) >= 11 is 1.31. The van der Waals surface area contributed by atoms with Gasteiger partial charge in [0, 0.05) is 18.5 Å². The lowest BCUT2D eigenvalue weighted by Crippen LogP contribution is -2.43. The lowest BCUT2D eigenvalue weighted by molar-refractivity contribution is 0.169. The summed E-state index contributed by atoms with van der Waals surface area (Å²) in [6, 6.07) is 9.93. The van der Waals surface area contributed by atoms with Gasteiger partial charge in [0.05, 0.1) is 0 Å². The van der Waals surface area contributed by atoms with Gasteiger partial charge in [-0.3, -0.25) is 5.32 Å². The van der Waals surface area contributed by atoms with Crippen LogP contribution in [0.1, 0.15) is 19.3 Å². The number of rotatable bonds is 3. The molecule has 0 atom stereocenters. The highest BCUT2D eigenvalue weighted by Gasteiger charge is 2.26. The summed E-state index contributed by atoms with van der Waals surface area (Å²) in [5.74, 6) is 0.663. The van der Waals surface area contributed by atoms with Crippen molar-refractivity contribution in [1.29, 1.82) is 0 Å². The van der Waals surface area contributed by atoms with Crippen LogP contribution in [0.3, 0.4) is 0 Å². The summed E-state index contributed by atoms with van der Waals surface area (Å²) in [5.41, 5.74) is 0.813. The second-order valence-corrected chi connectivity index (χ2v) is 6.66. The fraction of sp³-hybridized carbons (Fsp3) is 0.312. The van der Waals surface area contributed by atoms with Crippen LogP contribution in [0.5, 0.6) is 0 Å². The molecule has 2 heterocycles. The van der Waals surface area contributed by atoms with E-state index in [0.717, 1.165) is 23.8 Å². The van der Waals surface area contributed by atoms with E-state index in [9.17, 15) is 4.79 Å². The molecule has 0 bridgehead atoms. The van der Waals surface area contributed by atoms with E-state index >= 15 is 0 Å². The molecule has 118 valence electrons. The average Bonchev–Trinajstić information content (AvgIpc) is 3.11. The van der Waals surface area contributed by atoms with Crippen LogP contribution in [0.4, 0.5) is 9.93 Å². The maximum Gasteiger partial charge on any atom is 0.323 e. The number of benzene rings is 1. The number of nitrogens with zero attached hydrogens (tertiary/aromatic N) is 3. The molecule has 2 aromatic heterocycles. The van der Waals surface area contributed by atoms with E-state index in [4.69, 9.17) is 4.42 Å². The van der Waals surface area contributed by atoms with E-state index < -0.39 is 0 Å². The van der Waals surface area contributed by atoms with Gasteiger partial charge in [0.2, 0.25) is 5.13 Å². The Bertz CT molecular complexity index is 820. The van der Waals surface area contributed by atoms with Crippen LogP contribution >= 0.6 is 11.3 Å². The lowest BCUT2D eigenvalue weighted by atomic mass is 9.92. The number of carbonyl (C=O) groups excluding carboxylic acids is 1. The number of amides is 2. The van der Waals surface area contributed by atoms with Gasteiger partial charge in [-0.25, -0.2) is 4.79 Å². The van der Waals surface area contributed by atoms with Crippen molar-refractivity contribution < 1.29 is 9.21 Å². The smallest absolute Gasteiger partial charge is 0.323 e. The molecule has 0 aliphatic heterocycles. The SMILES string of the molecule is CN(C(=O)Nc1nnc(-c2cc3ccccc3o2)s1)C1CCC1. The molecule has 7 heteroatoms. The number of fused-ring (bicyclic) bond motifs is 1. The molecule has 1 aromatic carbocycles. The average molecular weight is 328 g/mol. The van der Waals surface area contributed by atoms with Gasteiger partial charge >= 0.3 is 6.03 Å². The minimum Gasteiger partial charge on any atom is -0.453 e. The van der Waals surface area contributed by atoms with Gasteiger partial charge in [-0.1, -0.05) is 29.5 Å². The third kappa shape index (κ3) is 2.68. The first-order valence-corrected chi connectivity index (χ1v) is 8.38. The maximum atomic E-state index is 12.2. The number of hydrogen-bond acceptors (Lipinski definition) is 5. The molecule has 1 saturated carbocycles. The van der Waals surface area contributed by atoms with Gasteiger partial charge in [-0.2, -0.15) is 0 Å². The van der Waals surface area contributed by atoms with Crippen LogP contribution < -0.4 is 5.32 Å². The van der Waals surface area contributed by atoms with E-state index in [1.165, 1.54) is 17.8 Å². The second kappa shape index (κ2) is 5.66. The van der Waals surface area contributed by atoms with E-state index in [2.05, 4.69) is 15.5 Å². The molecule has 0 spiro atoms.